The van der Waals surface area contributed by atoms with Crippen molar-refractivity contribution < 1.29 is 18.0 Å². The monoisotopic (exact) mass is 324 g/mol. The van der Waals surface area contributed by atoms with Gasteiger partial charge in [-0.1, -0.05) is 0 Å². The number of hydrogen-bond acceptors (Lipinski definition) is 1. The lowest BCUT2D eigenvalue weighted by Crippen LogP contribution is -2.60. The zero-order valence-electron chi connectivity index (χ0n) is 12.7. The number of carbonyl (C=O) groups excluding carboxylic acids is 1. The first-order chi connectivity index (χ1) is 10.9. The second-order valence-corrected chi connectivity index (χ2v) is 7.50. The van der Waals surface area contributed by atoms with Crippen LogP contribution in [0.1, 0.15) is 38.5 Å². The van der Waals surface area contributed by atoms with E-state index >= 15 is 0 Å². The minimum Gasteiger partial charge on any atom is -0.332 e. The quantitative estimate of drug-likeness (QED) is 0.787. The van der Waals surface area contributed by atoms with Gasteiger partial charge >= 0.3 is 6.03 Å². The van der Waals surface area contributed by atoms with E-state index in [4.69, 9.17) is 0 Å². The van der Waals surface area contributed by atoms with Crippen LogP contribution in [0.3, 0.4) is 0 Å². The molecule has 2 N–H and O–H groups in total. The molecule has 0 saturated heterocycles. The molecule has 2 amide bonds. The molecule has 4 saturated carbocycles. The summed E-state index contributed by atoms with van der Waals surface area (Å²) >= 11 is 0. The van der Waals surface area contributed by atoms with Crippen molar-refractivity contribution in [3.8, 4) is 0 Å². The maximum atomic E-state index is 13.7. The molecule has 23 heavy (non-hydrogen) atoms. The predicted molar refractivity (Wildman–Crippen MR) is 79.4 cm³/mol. The standard InChI is InChI=1S/C17H19F3N2O/c18-12-1-2-13(15(20)14(12)19)21-16(23)22-17-6-9-3-10(7-17)5-11(4-9)8-17/h1-2,9-11H,3-8H2,(H2,21,22,23)/t9-,10-,11?,17?/m1/s1. The van der Waals surface area contributed by atoms with Gasteiger partial charge in [-0.05, 0) is 68.4 Å². The summed E-state index contributed by atoms with van der Waals surface area (Å²) in [5.41, 5.74) is -0.556. The molecule has 0 aromatic heterocycles. The van der Waals surface area contributed by atoms with Crippen LogP contribution in [0.5, 0.6) is 0 Å². The van der Waals surface area contributed by atoms with Crippen molar-refractivity contribution in [3.63, 3.8) is 0 Å². The highest BCUT2D eigenvalue weighted by molar-refractivity contribution is 5.90. The van der Waals surface area contributed by atoms with Crippen molar-refractivity contribution in [1.82, 2.24) is 5.32 Å². The summed E-state index contributed by atoms with van der Waals surface area (Å²) in [4.78, 5) is 12.2. The van der Waals surface area contributed by atoms with E-state index in [1.165, 1.54) is 19.3 Å². The van der Waals surface area contributed by atoms with Crippen LogP contribution in [0.2, 0.25) is 0 Å². The minimum atomic E-state index is -1.57. The lowest BCUT2D eigenvalue weighted by Gasteiger charge is -2.56. The molecule has 4 bridgehead atoms. The van der Waals surface area contributed by atoms with Gasteiger partial charge in [0.1, 0.15) is 0 Å². The first-order valence-electron chi connectivity index (χ1n) is 8.17. The largest absolute Gasteiger partial charge is 0.332 e. The zero-order valence-corrected chi connectivity index (χ0v) is 12.7. The molecule has 124 valence electrons. The van der Waals surface area contributed by atoms with E-state index in [1.807, 2.05) is 0 Å². The summed E-state index contributed by atoms with van der Waals surface area (Å²) in [6, 6.07) is 1.29. The van der Waals surface area contributed by atoms with Gasteiger partial charge in [0, 0.05) is 5.54 Å². The molecule has 0 aliphatic heterocycles. The number of nitrogens with one attached hydrogen (secondary N) is 2. The van der Waals surface area contributed by atoms with Gasteiger partial charge in [-0.15, -0.1) is 0 Å². The van der Waals surface area contributed by atoms with Crippen LogP contribution in [0.4, 0.5) is 23.7 Å². The number of amides is 2. The number of benzene rings is 1. The predicted octanol–water partition coefficient (Wildman–Crippen LogP) is 4.19. The Hall–Kier alpha value is -1.72. The zero-order chi connectivity index (χ0) is 16.2. The third kappa shape index (κ3) is 2.58. The molecule has 0 unspecified atom stereocenters. The fraction of sp³-hybridized carbons (Fsp3) is 0.588. The van der Waals surface area contributed by atoms with Crippen molar-refractivity contribution in [2.24, 2.45) is 17.8 Å². The summed E-state index contributed by atoms with van der Waals surface area (Å²) in [5.74, 6) is -2.21. The summed E-state index contributed by atoms with van der Waals surface area (Å²) < 4.78 is 39.8. The molecule has 4 fully saturated rings. The second kappa shape index (κ2) is 5.14. The number of urea groups is 1. The molecule has 1 aromatic carbocycles. The van der Waals surface area contributed by atoms with Crippen LogP contribution < -0.4 is 10.6 Å². The Labute approximate surface area is 132 Å². The molecule has 0 atom stereocenters. The van der Waals surface area contributed by atoms with Gasteiger partial charge in [-0.25, -0.2) is 18.0 Å². The average Bonchev–Trinajstić information content (AvgIpc) is 2.46. The van der Waals surface area contributed by atoms with Crippen molar-refractivity contribution in [3.05, 3.63) is 29.6 Å². The van der Waals surface area contributed by atoms with E-state index in [0.717, 1.165) is 31.4 Å². The lowest BCUT2D eigenvalue weighted by molar-refractivity contribution is -0.0127. The van der Waals surface area contributed by atoms with Crippen LogP contribution in [0, 0.1) is 35.2 Å². The summed E-state index contributed by atoms with van der Waals surface area (Å²) in [6.45, 7) is 0. The Morgan fingerprint density at radius 2 is 1.52 bits per heavy atom. The van der Waals surface area contributed by atoms with Gasteiger partial charge in [-0.2, -0.15) is 0 Å². The Kier molecular flexibility index (Phi) is 3.32. The SMILES string of the molecule is O=C(Nc1ccc(F)c(F)c1F)NC12CC3C[C@H](C1)C[C@H](C3)C2. The Bertz CT molecular complexity index is 626. The van der Waals surface area contributed by atoms with Crippen LogP contribution in [0.25, 0.3) is 0 Å². The van der Waals surface area contributed by atoms with Gasteiger partial charge in [-0.3, -0.25) is 0 Å². The lowest BCUT2D eigenvalue weighted by atomic mass is 9.53. The van der Waals surface area contributed by atoms with Gasteiger partial charge in [0.05, 0.1) is 5.69 Å². The summed E-state index contributed by atoms with van der Waals surface area (Å²) in [7, 11) is 0. The van der Waals surface area contributed by atoms with Crippen molar-refractivity contribution in [2.75, 3.05) is 5.32 Å². The highest BCUT2D eigenvalue weighted by Gasteiger charge is 2.51. The van der Waals surface area contributed by atoms with E-state index in [-0.39, 0.29) is 11.2 Å². The van der Waals surface area contributed by atoms with Crippen molar-refractivity contribution >= 4 is 11.7 Å². The molecular weight excluding hydrogens is 305 g/mol. The topological polar surface area (TPSA) is 41.1 Å². The number of hydrogen-bond donors (Lipinski definition) is 2. The van der Waals surface area contributed by atoms with Crippen molar-refractivity contribution in [2.45, 2.75) is 44.1 Å². The fourth-order valence-corrected chi connectivity index (χ4v) is 5.28. The van der Waals surface area contributed by atoms with Crippen LogP contribution in [-0.4, -0.2) is 11.6 Å². The third-order valence-electron chi connectivity index (χ3n) is 5.70. The number of halogens is 3. The number of carbonyl (C=O) groups is 1. The van der Waals surface area contributed by atoms with Gasteiger partial charge in [0.25, 0.3) is 0 Å². The normalized spacial score (nSPS) is 34.5. The minimum absolute atomic E-state index is 0.214. The van der Waals surface area contributed by atoms with E-state index < -0.39 is 23.5 Å². The molecule has 3 nitrogen and oxygen atoms in total. The maximum Gasteiger partial charge on any atom is 0.319 e. The Morgan fingerprint density at radius 1 is 0.957 bits per heavy atom. The first-order valence-corrected chi connectivity index (χ1v) is 8.17. The smallest absolute Gasteiger partial charge is 0.319 e. The van der Waals surface area contributed by atoms with E-state index in [0.29, 0.717) is 17.8 Å². The molecule has 0 radical (unpaired) electrons. The molecule has 0 spiro atoms. The molecule has 4 aliphatic rings. The average molecular weight is 324 g/mol. The molecule has 6 heteroatoms. The Balaban J connectivity index is 1.48. The molecule has 4 aliphatic carbocycles. The third-order valence-corrected chi connectivity index (χ3v) is 5.70. The molecular formula is C17H19F3N2O. The van der Waals surface area contributed by atoms with Crippen molar-refractivity contribution in [1.29, 1.82) is 0 Å². The number of anilines is 1. The highest BCUT2D eigenvalue weighted by atomic mass is 19.2. The van der Waals surface area contributed by atoms with E-state index in [9.17, 15) is 18.0 Å². The Morgan fingerprint density at radius 3 is 2.09 bits per heavy atom. The van der Waals surface area contributed by atoms with Gasteiger partial charge < -0.3 is 10.6 Å². The van der Waals surface area contributed by atoms with E-state index in [1.54, 1.807) is 0 Å². The fourth-order valence-electron chi connectivity index (χ4n) is 5.28. The summed E-state index contributed by atoms with van der Waals surface area (Å²) in [5, 5.41) is 5.32. The van der Waals surface area contributed by atoms with Crippen LogP contribution >= 0.6 is 0 Å². The number of rotatable bonds is 2. The first kappa shape index (κ1) is 14.8. The highest BCUT2D eigenvalue weighted by Crippen LogP contribution is 2.55. The summed E-state index contributed by atoms with van der Waals surface area (Å²) in [6.07, 6.45) is 6.65. The van der Waals surface area contributed by atoms with E-state index in [2.05, 4.69) is 10.6 Å². The molecule has 0 heterocycles. The van der Waals surface area contributed by atoms with Crippen LogP contribution in [-0.2, 0) is 0 Å². The van der Waals surface area contributed by atoms with Crippen LogP contribution in [0.15, 0.2) is 12.1 Å². The van der Waals surface area contributed by atoms with Gasteiger partial charge in [0.2, 0.25) is 0 Å². The van der Waals surface area contributed by atoms with Gasteiger partial charge in [0.15, 0.2) is 17.5 Å². The molecule has 5 rings (SSSR count). The maximum absolute atomic E-state index is 13.7. The molecule has 1 aromatic rings. The second-order valence-electron chi connectivity index (χ2n) is 7.50.